The van der Waals surface area contributed by atoms with Crippen LogP contribution >= 0.6 is 39.5 Å². The maximum atomic E-state index is 12.5. The summed E-state index contributed by atoms with van der Waals surface area (Å²) in [4.78, 5) is 89.7. The van der Waals surface area contributed by atoms with Gasteiger partial charge in [-0.25, -0.2) is 59.4 Å². The normalized spacial score (nSPS) is 19.2. The topological polar surface area (TPSA) is 280 Å². The first-order valence-corrected chi connectivity index (χ1v) is 39.7. The molecule has 3 atom stereocenters. The van der Waals surface area contributed by atoms with E-state index < -0.39 is 11.2 Å². The minimum absolute atomic E-state index is 0. The monoisotopic (exact) mass is 1600 g/mol. The summed E-state index contributed by atoms with van der Waals surface area (Å²) in [5.41, 5.74) is 11.0. The first-order chi connectivity index (χ1) is 51.8. The SMILES string of the molecule is Brc1ccnc2ncccc12.CC(C)(C)OC(=O)N[C@@H]1CCCC12CCN(c1nc[c-]c3nccn13)CC2.CC(C)(C)OC(=O)N[C@@H]1CCCC12CCN(c1ncc(Sc3ccnc4ncccc34)c3nccn13)CC2.N[C@@H]1CCCC12CCN(c1ncc(Sc3ccnc4ncccc34)c3nccn13)CC2.[Na+].[SH-]. The summed E-state index contributed by atoms with van der Waals surface area (Å²) in [6, 6.07) is 21.6. The number of fused-ring (bicyclic) bond motifs is 6. The average Bonchev–Trinajstić information content (AvgIpc) is 1.70. The van der Waals surface area contributed by atoms with Crippen molar-refractivity contribution in [3.63, 3.8) is 0 Å². The van der Waals surface area contributed by atoms with Crippen LogP contribution in [0.15, 0.2) is 172 Å². The van der Waals surface area contributed by atoms with Crippen molar-refractivity contribution in [2.24, 2.45) is 22.0 Å². The summed E-state index contributed by atoms with van der Waals surface area (Å²) in [7, 11) is 0. The number of amides is 2. The van der Waals surface area contributed by atoms with Gasteiger partial charge in [0.15, 0.2) is 28.2 Å². The molecule has 4 N–H and O–H groups in total. The van der Waals surface area contributed by atoms with Crippen LogP contribution in [0.25, 0.3) is 50.0 Å². The number of nitrogens with zero attached hydrogens (tertiary/aromatic N) is 18. The molecule has 12 aromatic rings. The molecule has 12 aromatic heterocycles. The summed E-state index contributed by atoms with van der Waals surface area (Å²) in [5.74, 6) is 2.80. The van der Waals surface area contributed by atoms with E-state index in [0.717, 1.165) is 208 Å². The van der Waals surface area contributed by atoms with Crippen LogP contribution in [0.4, 0.5) is 27.4 Å². The summed E-state index contributed by atoms with van der Waals surface area (Å²) in [6.45, 7) is 17.0. The first kappa shape index (κ1) is 79.1. The van der Waals surface area contributed by atoms with E-state index in [2.05, 4.69) is 112 Å². The van der Waals surface area contributed by atoms with Crippen LogP contribution in [-0.4, -0.2) is 154 Å². The fourth-order valence-electron chi connectivity index (χ4n) is 16.7. The molecule has 6 fully saturated rings. The van der Waals surface area contributed by atoms with Gasteiger partial charge in [0.25, 0.3) is 0 Å². The van der Waals surface area contributed by atoms with E-state index in [4.69, 9.17) is 25.2 Å². The van der Waals surface area contributed by atoms with Crippen LogP contribution in [0.5, 0.6) is 0 Å². The third kappa shape index (κ3) is 17.5. The number of pyridine rings is 6. The minimum atomic E-state index is -0.493. The largest absolute Gasteiger partial charge is 1.00 e. The Labute approximate surface area is 680 Å². The molecule has 15 heterocycles. The van der Waals surface area contributed by atoms with Gasteiger partial charge >= 0.3 is 41.7 Å². The molecule has 2 amide bonds. The van der Waals surface area contributed by atoms with E-state index in [9.17, 15) is 9.59 Å². The predicted octanol–water partition coefficient (Wildman–Crippen LogP) is 11.7. The van der Waals surface area contributed by atoms with Crippen molar-refractivity contribution in [3.05, 3.63) is 158 Å². The molecule has 0 unspecified atom stereocenters. The van der Waals surface area contributed by atoms with Gasteiger partial charge in [0.2, 0.25) is 17.8 Å². The molecule has 109 heavy (non-hydrogen) atoms. The van der Waals surface area contributed by atoms with Gasteiger partial charge in [0.1, 0.15) is 11.2 Å². The van der Waals surface area contributed by atoms with Crippen LogP contribution in [-0.2, 0) is 23.0 Å². The summed E-state index contributed by atoms with van der Waals surface area (Å²) < 4.78 is 18.3. The molecule has 3 saturated heterocycles. The third-order valence-corrected chi connectivity index (χ3v) is 25.0. The van der Waals surface area contributed by atoms with Crippen molar-refractivity contribution < 1.29 is 48.6 Å². The Morgan fingerprint density at radius 3 is 1.32 bits per heavy atom. The van der Waals surface area contributed by atoms with Gasteiger partial charge in [-0.3, -0.25) is 18.8 Å². The number of carbonyl (C=O) groups excluding carboxylic acids is 2. The fraction of sp³-hybridized carbons (Fsp3) is 0.443. The maximum Gasteiger partial charge on any atom is 1.00 e. The Bertz CT molecular complexity index is 5130. The fourth-order valence-corrected chi connectivity index (χ4v) is 19.1. The van der Waals surface area contributed by atoms with Crippen LogP contribution in [0.3, 0.4) is 0 Å². The summed E-state index contributed by atoms with van der Waals surface area (Å²) in [6.07, 6.45) is 43.8. The Kier molecular flexibility index (Phi) is 24.6. The number of nitrogens with one attached hydrogen (secondary N) is 2. The second kappa shape index (κ2) is 33.9. The van der Waals surface area contributed by atoms with E-state index in [1.807, 2.05) is 138 Å². The molecule has 6 aliphatic rings. The van der Waals surface area contributed by atoms with Gasteiger partial charge in [-0.2, -0.15) is 0 Å². The number of hydrogen-bond acceptors (Lipinski definition) is 23. The molecule has 18 rings (SSSR count). The van der Waals surface area contributed by atoms with Crippen LogP contribution in [0.1, 0.15) is 138 Å². The van der Waals surface area contributed by atoms with Gasteiger partial charge in [-0.05, 0) is 211 Å². The number of piperidine rings is 3. The zero-order chi connectivity index (χ0) is 73.9. The summed E-state index contributed by atoms with van der Waals surface area (Å²) >= 11 is 6.71. The summed E-state index contributed by atoms with van der Waals surface area (Å²) in [5, 5.41) is 9.46. The number of alkyl carbamates (subject to hydrolysis) is 2. The van der Waals surface area contributed by atoms with Gasteiger partial charge < -0.3 is 64.5 Å². The molecular weight excluding hydrogens is 1510 g/mol. The molecule has 0 radical (unpaired) electrons. The van der Waals surface area contributed by atoms with Crippen molar-refractivity contribution in [3.8, 4) is 0 Å². The molecule has 0 aromatic carbocycles. The standard InChI is InChI=1S/C28H33N7O2S.C23H25N7S.C20H28N5O2.C8H5BrN2.Na.H2S/c1-27(2,3)37-26(36)33-22-7-4-9-28(22)10-15-34(16-11-28)25-32-18-21(24-31-14-17-35(24)25)38-20-8-13-30-23-19(20)6-5-12-29-23;24-19-4-1-6-23(19)7-12-29(13-8-23)22-28-15-18(21-27-11-14-30(21)22)31-17-5-10-26-20-16(17)3-2-9-25-20;1-19(2,3)27-18(26)23-15-5-4-7-20(15)8-12-24(13-9-20)17-22-10-6-16-21-11-14-25(16)17;9-7-3-5-11-8-6(7)2-1-4-10-8;;/h5-6,8,12-14,17-18,22H,4,7,9-11,15-16H2,1-3H3,(H,33,36);2-3,5,9-11,14-15,19H,1,4,6-8,12-13,24H2;10-11,14-15H,4-5,7-9,12-13H2,1-3H3,(H,23,26);1-5H;;1H2/q;;-1;;+1;/p-1/t22-;19-;15-;;;/m111.../s1. The Hall–Kier alpha value is -8.03. The second-order valence-corrected chi connectivity index (χ2v) is 33.9. The number of thiol groups is 1. The smallest absolute Gasteiger partial charge is 0.813 e. The van der Waals surface area contributed by atoms with E-state index in [-0.39, 0.29) is 78.2 Å². The number of imidazole rings is 3. The van der Waals surface area contributed by atoms with E-state index in [0.29, 0.717) is 11.5 Å². The average molecular weight is 1600 g/mol. The van der Waals surface area contributed by atoms with Crippen molar-refractivity contribution in [2.45, 2.75) is 187 Å². The quantitative estimate of drug-likeness (QED) is 0.0524. The van der Waals surface area contributed by atoms with Crippen molar-refractivity contribution in [2.75, 3.05) is 54.0 Å². The number of ether oxygens (including phenoxy) is 2. The Morgan fingerprint density at radius 2 is 0.872 bits per heavy atom. The van der Waals surface area contributed by atoms with Gasteiger partial charge in [0.05, 0.1) is 9.79 Å². The predicted molar refractivity (Wildman–Crippen MR) is 429 cm³/mol. The molecule has 3 spiro atoms. The van der Waals surface area contributed by atoms with Crippen LogP contribution in [0, 0.1) is 22.3 Å². The third-order valence-electron chi connectivity index (χ3n) is 22.1. The molecule has 564 valence electrons. The number of rotatable bonds is 9. The Morgan fingerprint density at radius 1 is 0.477 bits per heavy atom. The molecule has 3 aliphatic carbocycles. The van der Waals surface area contributed by atoms with Crippen molar-refractivity contribution in [1.82, 2.24) is 83.6 Å². The van der Waals surface area contributed by atoms with Crippen LogP contribution in [0.2, 0.25) is 0 Å². The van der Waals surface area contributed by atoms with Crippen molar-refractivity contribution >= 4 is 133 Å². The van der Waals surface area contributed by atoms with E-state index in [1.165, 1.54) is 19.3 Å². The Balaban J connectivity index is 0.000000134. The molecule has 0 bridgehead atoms. The number of aromatic nitrogens is 15. The number of nitrogens with two attached hydrogens (primary N) is 1. The van der Waals surface area contributed by atoms with Gasteiger partial charge in [-0.15, -0.1) is 6.20 Å². The number of anilines is 3. The number of carbonyl (C=O) groups is 2. The van der Waals surface area contributed by atoms with Gasteiger partial charge in [0, 0.05) is 175 Å². The minimum Gasteiger partial charge on any atom is -0.813 e. The molecule has 3 aliphatic heterocycles. The van der Waals surface area contributed by atoms with E-state index in [1.54, 1.807) is 73.1 Å². The zero-order valence-corrected chi connectivity index (χ0v) is 69.0. The number of hydrogen-bond donors (Lipinski definition) is 3. The van der Waals surface area contributed by atoms with E-state index >= 15 is 0 Å². The molecular formula is C79H92BrN21NaO4S3-. The molecule has 25 nitrogen and oxygen atoms in total. The molecule has 3 saturated carbocycles. The number of halogens is 1. The molecule has 30 heteroatoms. The van der Waals surface area contributed by atoms with Gasteiger partial charge in [-0.1, -0.05) is 42.8 Å². The zero-order valence-electron chi connectivity index (χ0n) is 62.8. The second-order valence-electron chi connectivity index (χ2n) is 30.9. The van der Waals surface area contributed by atoms with Crippen molar-refractivity contribution in [1.29, 1.82) is 0 Å². The van der Waals surface area contributed by atoms with Crippen LogP contribution < -0.4 is 60.6 Å². The maximum absolute atomic E-state index is 12.5. The first-order valence-electron chi connectivity index (χ1n) is 37.2.